The van der Waals surface area contributed by atoms with Crippen LogP contribution in [-0.2, 0) is 13.9 Å². The molecule has 204 valence electrons. The zero-order chi connectivity index (χ0) is 25.7. The predicted octanol–water partition coefficient (Wildman–Crippen LogP) is 8.14. The zero-order valence-electron chi connectivity index (χ0n) is 23.5. The van der Waals surface area contributed by atoms with Crippen LogP contribution in [-0.4, -0.2) is 55.6 Å². The van der Waals surface area contributed by atoms with E-state index in [-0.39, 0.29) is 24.5 Å². The molecule has 0 saturated carbocycles. The van der Waals surface area contributed by atoms with E-state index >= 15 is 0 Å². The van der Waals surface area contributed by atoms with Crippen molar-refractivity contribution in [1.82, 2.24) is 0 Å². The lowest BCUT2D eigenvalue weighted by Gasteiger charge is -2.24. The number of ketones is 1. The lowest BCUT2D eigenvalue weighted by atomic mass is 9.96. The maximum absolute atomic E-state index is 12.3. The van der Waals surface area contributed by atoms with E-state index in [0.29, 0.717) is 12.8 Å². The Morgan fingerprint density at radius 2 is 1.24 bits per heavy atom. The van der Waals surface area contributed by atoms with Crippen LogP contribution in [0.3, 0.4) is 0 Å². The minimum atomic E-state index is -3.57. The van der Waals surface area contributed by atoms with Gasteiger partial charge in [-0.2, -0.15) is 0 Å². The molecule has 0 bridgehead atoms. The molecule has 34 heavy (non-hydrogen) atoms. The molecule has 0 rings (SSSR count). The number of hydrogen-bond donors (Lipinski definition) is 1. The minimum absolute atomic E-state index is 0.0540. The molecule has 6 heteroatoms. The third kappa shape index (κ3) is 24.9. The first kappa shape index (κ1) is 33.8. The van der Waals surface area contributed by atoms with Crippen LogP contribution in [0, 0.1) is 5.92 Å². The second-order valence-corrected chi connectivity index (χ2v) is 13.5. The fourth-order valence-electron chi connectivity index (χ4n) is 4.49. The van der Waals surface area contributed by atoms with Gasteiger partial charge in [-0.15, -0.1) is 0 Å². The summed E-state index contributed by atoms with van der Waals surface area (Å²) in [6.45, 7) is 4.92. The highest BCUT2D eigenvalue weighted by Crippen LogP contribution is 2.43. The molecule has 1 N–H and O–H groups in total. The van der Waals surface area contributed by atoms with E-state index in [1.165, 1.54) is 89.9 Å². The Kier molecular flexibility index (Phi) is 20.8. The van der Waals surface area contributed by atoms with Crippen molar-refractivity contribution in [3.8, 4) is 0 Å². The molecular weight excluding hydrogens is 445 g/mol. The normalized spacial score (nSPS) is 14.8. The zero-order valence-corrected chi connectivity index (χ0v) is 24.4. The second kappa shape index (κ2) is 20.9. The standard InChI is InChI=1S/C28H58NO4P/c1-6-7-8-9-10-11-12-13-14-15-16-17-18-19-20-22-28(25-27(2)30)26-33-34(31,32)24-21-23-29(3,4)5/h28H,6-26H2,1-5H3/p+1. The third-order valence-electron chi connectivity index (χ3n) is 6.57. The van der Waals surface area contributed by atoms with Crippen molar-refractivity contribution in [2.75, 3.05) is 40.5 Å². The number of unbranched alkanes of at least 4 members (excludes halogenated alkanes) is 14. The van der Waals surface area contributed by atoms with Gasteiger partial charge in [0.1, 0.15) is 5.78 Å². The van der Waals surface area contributed by atoms with Crippen LogP contribution >= 0.6 is 7.60 Å². The number of hydrogen-bond acceptors (Lipinski definition) is 3. The summed E-state index contributed by atoms with van der Waals surface area (Å²) in [4.78, 5) is 21.8. The average Bonchev–Trinajstić information content (AvgIpc) is 2.73. The van der Waals surface area contributed by atoms with Gasteiger partial charge < -0.3 is 18.7 Å². The van der Waals surface area contributed by atoms with Crippen molar-refractivity contribution in [2.45, 2.75) is 129 Å². The largest absolute Gasteiger partial charge is 0.331 e. The molecule has 0 aromatic heterocycles. The van der Waals surface area contributed by atoms with Crippen LogP contribution in [0.2, 0.25) is 0 Å². The molecule has 5 nitrogen and oxygen atoms in total. The van der Waals surface area contributed by atoms with E-state index in [2.05, 4.69) is 28.1 Å². The molecule has 0 amide bonds. The van der Waals surface area contributed by atoms with Gasteiger partial charge in [-0.25, -0.2) is 0 Å². The maximum atomic E-state index is 12.3. The molecule has 2 atom stereocenters. The van der Waals surface area contributed by atoms with Gasteiger partial charge in [0.05, 0.1) is 40.5 Å². The number of nitrogens with zero attached hydrogens (tertiary/aromatic N) is 1. The molecule has 0 radical (unpaired) electrons. The van der Waals surface area contributed by atoms with Crippen molar-refractivity contribution in [3.63, 3.8) is 0 Å². The first-order valence-electron chi connectivity index (χ1n) is 14.3. The van der Waals surface area contributed by atoms with Gasteiger partial charge in [0, 0.05) is 12.8 Å². The third-order valence-corrected chi connectivity index (χ3v) is 8.01. The summed E-state index contributed by atoms with van der Waals surface area (Å²) in [7, 11) is 2.65. The molecule has 2 unspecified atom stereocenters. The fraction of sp³-hybridized carbons (Fsp3) is 0.964. The van der Waals surface area contributed by atoms with Crippen LogP contribution < -0.4 is 0 Å². The predicted molar refractivity (Wildman–Crippen MR) is 146 cm³/mol. The Balaban J connectivity index is 3.81. The van der Waals surface area contributed by atoms with Crippen molar-refractivity contribution >= 4 is 13.4 Å². The fourth-order valence-corrected chi connectivity index (χ4v) is 5.60. The molecule has 0 saturated heterocycles. The molecule has 0 fully saturated rings. The van der Waals surface area contributed by atoms with Crippen LogP contribution in [0.4, 0.5) is 0 Å². The van der Waals surface area contributed by atoms with Crippen molar-refractivity contribution in [3.05, 3.63) is 0 Å². The van der Waals surface area contributed by atoms with Gasteiger partial charge in [0.25, 0.3) is 0 Å². The number of rotatable bonds is 25. The van der Waals surface area contributed by atoms with Gasteiger partial charge in [-0.1, -0.05) is 103 Å². The lowest BCUT2D eigenvalue weighted by Crippen LogP contribution is -2.35. The van der Waals surface area contributed by atoms with Gasteiger partial charge in [-0.3, -0.25) is 4.57 Å². The molecule has 0 heterocycles. The quantitative estimate of drug-likeness (QED) is 0.0774. The van der Waals surface area contributed by atoms with Crippen LogP contribution in [0.1, 0.15) is 129 Å². The molecule has 0 aliphatic rings. The number of quaternary nitrogens is 1. The van der Waals surface area contributed by atoms with Gasteiger partial charge in [-0.05, 0) is 19.3 Å². The topological polar surface area (TPSA) is 63.6 Å². The van der Waals surface area contributed by atoms with Gasteiger partial charge in [0.15, 0.2) is 0 Å². The van der Waals surface area contributed by atoms with Crippen molar-refractivity contribution < 1.29 is 23.3 Å². The summed E-state index contributed by atoms with van der Waals surface area (Å²) in [5, 5.41) is 0. The Morgan fingerprint density at radius 3 is 1.65 bits per heavy atom. The summed E-state index contributed by atoms with van der Waals surface area (Å²) in [5.41, 5.74) is 0. The van der Waals surface area contributed by atoms with E-state index in [1.807, 2.05) is 0 Å². The Hall–Kier alpha value is -0.220. The van der Waals surface area contributed by atoms with E-state index in [4.69, 9.17) is 4.52 Å². The molecule has 0 aliphatic heterocycles. The SMILES string of the molecule is CCCCCCCCCCCCCCCCCC(COP(=O)(O)CCC[N+](C)(C)C)CC(C)=O. The van der Waals surface area contributed by atoms with E-state index in [1.54, 1.807) is 6.92 Å². The Morgan fingerprint density at radius 1 is 0.794 bits per heavy atom. The average molecular weight is 505 g/mol. The minimum Gasteiger partial charge on any atom is -0.331 e. The summed E-state index contributed by atoms with van der Waals surface area (Å²) in [6, 6.07) is 0. The van der Waals surface area contributed by atoms with Crippen molar-refractivity contribution in [1.29, 1.82) is 0 Å². The molecule has 0 aromatic rings. The first-order chi connectivity index (χ1) is 16.1. The highest BCUT2D eigenvalue weighted by molar-refractivity contribution is 7.52. The summed E-state index contributed by atoms with van der Waals surface area (Å²) in [6.07, 6.45) is 22.2. The number of carbonyl (C=O) groups excluding carboxylic acids is 1. The smallest absolute Gasteiger partial charge is 0.328 e. The maximum Gasteiger partial charge on any atom is 0.328 e. The van der Waals surface area contributed by atoms with Gasteiger partial charge >= 0.3 is 7.60 Å². The molecular formula is C28H59NO4P+. The highest BCUT2D eigenvalue weighted by Gasteiger charge is 2.23. The molecule has 0 aromatic carbocycles. The van der Waals surface area contributed by atoms with E-state index in [9.17, 15) is 14.3 Å². The summed E-state index contributed by atoms with van der Waals surface area (Å²) >= 11 is 0. The Labute approximate surface area is 212 Å². The summed E-state index contributed by atoms with van der Waals surface area (Å²) in [5.74, 6) is 0.186. The second-order valence-electron chi connectivity index (χ2n) is 11.5. The first-order valence-corrected chi connectivity index (χ1v) is 16.1. The highest BCUT2D eigenvalue weighted by atomic mass is 31.2. The molecule has 0 aliphatic carbocycles. The number of Topliss-reactive ketones (excluding diaryl/α,β-unsaturated/α-hetero) is 1. The summed E-state index contributed by atoms with van der Waals surface area (Å²) < 4.78 is 18.5. The molecule has 0 spiro atoms. The van der Waals surface area contributed by atoms with Crippen molar-refractivity contribution in [2.24, 2.45) is 5.92 Å². The van der Waals surface area contributed by atoms with Crippen LogP contribution in [0.15, 0.2) is 0 Å². The van der Waals surface area contributed by atoms with Gasteiger partial charge in [0.2, 0.25) is 0 Å². The van der Waals surface area contributed by atoms with E-state index < -0.39 is 7.60 Å². The monoisotopic (exact) mass is 504 g/mol. The van der Waals surface area contributed by atoms with E-state index in [0.717, 1.165) is 23.9 Å². The lowest BCUT2D eigenvalue weighted by molar-refractivity contribution is -0.870. The Bertz CT molecular complexity index is 533. The van der Waals surface area contributed by atoms with Crippen LogP contribution in [0.5, 0.6) is 0 Å². The van der Waals surface area contributed by atoms with Crippen LogP contribution in [0.25, 0.3) is 0 Å². The number of carbonyl (C=O) groups is 1.